The van der Waals surface area contributed by atoms with Crippen LogP contribution in [-0.4, -0.2) is 6.54 Å². The second-order valence-corrected chi connectivity index (χ2v) is 1.09. The summed E-state index contributed by atoms with van der Waals surface area (Å²) in [6, 6.07) is 0. The van der Waals surface area contributed by atoms with E-state index in [1.165, 1.54) is 6.20 Å². The molecule has 0 fully saturated rings. The van der Waals surface area contributed by atoms with Crippen LogP contribution in [0.1, 0.15) is 0 Å². The molecule has 0 aromatic heterocycles. The fourth-order valence-electron chi connectivity index (χ4n) is 0.316. The van der Waals surface area contributed by atoms with Crippen LogP contribution >= 0.6 is 0 Å². The van der Waals surface area contributed by atoms with Crippen LogP contribution in [0.4, 0.5) is 4.39 Å². The Labute approximate surface area is 35.0 Å². The van der Waals surface area contributed by atoms with Crippen molar-refractivity contribution in [2.24, 2.45) is 0 Å². The summed E-state index contributed by atoms with van der Waals surface area (Å²) in [6.07, 6.45) is 1.29. The highest BCUT2D eigenvalue weighted by molar-refractivity contribution is 4.95. The van der Waals surface area contributed by atoms with Gasteiger partial charge in [-0.3, -0.25) is 0 Å². The van der Waals surface area contributed by atoms with Gasteiger partial charge in [0, 0.05) is 6.20 Å². The van der Waals surface area contributed by atoms with E-state index in [0.717, 1.165) is 0 Å². The van der Waals surface area contributed by atoms with Gasteiger partial charge in [-0.05, 0) is 0 Å². The maximum atomic E-state index is 11.7. The van der Waals surface area contributed by atoms with Gasteiger partial charge >= 0.3 is 0 Å². The summed E-state index contributed by atoms with van der Waals surface area (Å²) in [6.45, 7) is 0.319. The number of hydrogen-bond acceptors (Lipinski definition) is 2. The second kappa shape index (κ2) is 1.26. The van der Waals surface area contributed by atoms with Crippen LogP contribution in [0, 0.1) is 0 Å². The van der Waals surface area contributed by atoms with E-state index in [2.05, 4.69) is 10.9 Å². The standard InChI is InChI=1S/C3H5FN2/c4-3-1-5-6-2-3/h1,5-6H,2H2. The monoisotopic (exact) mass is 88.0 g/mol. The molecule has 0 radical (unpaired) electrons. The van der Waals surface area contributed by atoms with Crippen LogP contribution in [0.5, 0.6) is 0 Å². The fourth-order valence-corrected chi connectivity index (χ4v) is 0.316. The minimum absolute atomic E-state index is 0.144. The minimum Gasteiger partial charge on any atom is -0.326 e. The van der Waals surface area contributed by atoms with E-state index in [4.69, 9.17) is 0 Å². The Kier molecular flexibility index (Phi) is 0.759. The molecule has 0 atom stereocenters. The molecule has 0 spiro atoms. The highest BCUT2D eigenvalue weighted by atomic mass is 19.1. The molecular weight excluding hydrogens is 83.0 g/mol. The highest BCUT2D eigenvalue weighted by Crippen LogP contribution is 1.92. The van der Waals surface area contributed by atoms with Gasteiger partial charge in [-0.1, -0.05) is 0 Å². The second-order valence-electron chi connectivity index (χ2n) is 1.09. The van der Waals surface area contributed by atoms with Gasteiger partial charge in [0.25, 0.3) is 0 Å². The normalized spacial score (nSPS) is 19.8. The van der Waals surface area contributed by atoms with Crippen molar-refractivity contribution in [1.29, 1.82) is 0 Å². The topological polar surface area (TPSA) is 24.1 Å². The summed E-state index contributed by atoms with van der Waals surface area (Å²) in [5, 5.41) is 0. The molecule has 2 nitrogen and oxygen atoms in total. The average molecular weight is 88.1 g/mol. The number of rotatable bonds is 0. The van der Waals surface area contributed by atoms with E-state index in [1.54, 1.807) is 0 Å². The van der Waals surface area contributed by atoms with E-state index in [9.17, 15) is 4.39 Å². The Morgan fingerprint density at radius 1 is 1.83 bits per heavy atom. The molecule has 2 N–H and O–H groups in total. The summed E-state index contributed by atoms with van der Waals surface area (Å²) >= 11 is 0. The molecule has 6 heavy (non-hydrogen) atoms. The first-order chi connectivity index (χ1) is 2.89. The summed E-state index contributed by atoms with van der Waals surface area (Å²) < 4.78 is 11.7. The molecule has 1 heterocycles. The summed E-state index contributed by atoms with van der Waals surface area (Å²) in [5.74, 6) is -0.144. The third-order valence-corrected chi connectivity index (χ3v) is 0.588. The Hall–Kier alpha value is -0.570. The van der Waals surface area contributed by atoms with Crippen molar-refractivity contribution in [3.63, 3.8) is 0 Å². The molecular formula is C3H5FN2. The molecule has 0 bridgehead atoms. The van der Waals surface area contributed by atoms with Crippen molar-refractivity contribution >= 4 is 0 Å². The van der Waals surface area contributed by atoms with E-state index >= 15 is 0 Å². The van der Waals surface area contributed by atoms with E-state index in [-0.39, 0.29) is 5.83 Å². The number of hydrazine groups is 1. The third kappa shape index (κ3) is 0.490. The zero-order valence-corrected chi connectivity index (χ0v) is 3.16. The summed E-state index contributed by atoms with van der Waals surface area (Å²) in [5.41, 5.74) is 5.04. The van der Waals surface area contributed by atoms with Crippen LogP contribution in [-0.2, 0) is 0 Å². The molecule has 0 unspecified atom stereocenters. The van der Waals surface area contributed by atoms with Crippen molar-refractivity contribution in [1.82, 2.24) is 10.9 Å². The first-order valence-electron chi connectivity index (χ1n) is 1.72. The maximum absolute atomic E-state index is 11.7. The van der Waals surface area contributed by atoms with Crippen molar-refractivity contribution in [2.75, 3.05) is 6.54 Å². The molecule has 34 valence electrons. The lowest BCUT2D eigenvalue weighted by Crippen LogP contribution is -2.19. The van der Waals surface area contributed by atoms with Gasteiger partial charge in [-0.15, -0.1) is 0 Å². The predicted octanol–water partition coefficient (Wildman–Crippen LogP) is -0.0949. The number of nitrogens with one attached hydrogen (secondary N) is 2. The minimum atomic E-state index is -0.144. The van der Waals surface area contributed by atoms with E-state index < -0.39 is 0 Å². The lowest BCUT2D eigenvalue weighted by molar-refractivity contribution is 0.603. The Morgan fingerprint density at radius 3 is 2.83 bits per heavy atom. The van der Waals surface area contributed by atoms with Crippen LogP contribution in [0.25, 0.3) is 0 Å². The Morgan fingerprint density at radius 2 is 2.67 bits per heavy atom. The Bertz CT molecular complexity index is 78.9. The molecule has 0 aliphatic carbocycles. The zero-order chi connectivity index (χ0) is 4.41. The third-order valence-electron chi connectivity index (χ3n) is 0.588. The lowest BCUT2D eigenvalue weighted by Gasteiger charge is -1.83. The number of halogens is 1. The lowest BCUT2D eigenvalue weighted by atomic mass is 10.6. The molecule has 1 aliphatic heterocycles. The van der Waals surface area contributed by atoms with Crippen molar-refractivity contribution in [3.05, 3.63) is 12.0 Å². The SMILES string of the molecule is FC1=CNNC1. The molecule has 0 saturated heterocycles. The molecule has 1 rings (SSSR count). The largest absolute Gasteiger partial charge is 0.326 e. The molecule has 1 aliphatic rings. The van der Waals surface area contributed by atoms with Gasteiger partial charge in [-0.25, -0.2) is 9.82 Å². The number of hydrogen-bond donors (Lipinski definition) is 2. The van der Waals surface area contributed by atoms with Crippen molar-refractivity contribution < 1.29 is 4.39 Å². The Balaban J connectivity index is 2.45. The van der Waals surface area contributed by atoms with Crippen molar-refractivity contribution in [3.8, 4) is 0 Å². The molecule has 0 aromatic carbocycles. The van der Waals surface area contributed by atoms with E-state index in [0.29, 0.717) is 6.54 Å². The molecule has 0 saturated carbocycles. The van der Waals surface area contributed by atoms with Gasteiger partial charge in [0.15, 0.2) is 0 Å². The van der Waals surface area contributed by atoms with Crippen LogP contribution in [0.3, 0.4) is 0 Å². The smallest absolute Gasteiger partial charge is 0.133 e. The molecule has 3 heteroatoms. The fraction of sp³-hybridized carbons (Fsp3) is 0.333. The molecule has 0 amide bonds. The van der Waals surface area contributed by atoms with E-state index in [1.807, 2.05) is 0 Å². The average Bonchev–Trinajstić information content (AvgIpc) is 1.86. The van der Waals surface area contributed by atoms with Crippen LogP contribution in [0.15, 0.2) is 12.0 Å². The van der Waals surface area contributed by atoms with Gasteiger partial charge in [0.1, 0.15) is 5.83 Å². The predicted molar refractivity (Wildman–Crippen MR) is 20.3 cm³/mol. The quantitative estimate of drug-likeness (QED) is 0.432. The maximum Gasteiger partial charge on any atom is 0.133 e. The van der Waals surface area contributed by atoms with Gasteiger partial charge in [0.05, 0.1) is 6.54 Å². The van der Waals surface area contributed by atoms with Gasteiger partial charge < -0.3 is 5.43 Å². The van der Waals surface area contributed by atoms with Crippen LogP contribution in [0.2, 0.25) is 0 Å². The van der Waals surface area contributed by atoms with Gasteiger partial charge in [0.2, 0.25) is 0 Å². The first-order valence-corrected chi connectivity index (χ1v) is 1.72. The van der Waals surface area contributed by atoms with Crippen molar-refractivity contribution in [2.45, 2.75) is 0 Å². The first kappa shape index (κ1) is 3.61. The summed E-state index contributed by atoms with van der Waals surface area (Å²) in [7, 11) is 0. The van der Waals surface area contributed by atoms with Crippen LogP contribution < -0.4 is 10.9 Å². The molecule has 0 aromatic rings. The highest BCUT2D eigenvalue weighted by Gasteiger charge is 1.96. The van der Waals surface area contributed by atoms with Gasteiger partial charge in [-0.2, -0.15) is 0 Å². The zero-order valence-electron chi connectivity index (χ0n) is 3.16. The summed E-state index contributed by atoms with van der Waals surface area (Å²) in [4.78, 5) is 0.